The lowest BCUT2D eigenvalue weighted by molar-refractivity contribution is -0.155. The van der Waals surface area contributed by atoms with Gasteiger partial charge in [-0.2, -0.15) is 0 Å². The Morgan fingerprint density at radius 1 is 1.30 bits per heavy atom. The minimum absolute atomic E-state index is 0.0635. The molecule has 20 heavy (non-hydrogen) atoms. The van der Waals surface area contributed by atoms with Crippen molar-refractivity contribution >= 4 is 11.9 Å². The molecule has 0 radical (unpaired) electrons. The summed E-state index contributed by atoms with van der Waals surface area (Å²) in [5.74, 6) is -0.602. The first-order valence-electron chi connectivity index (χ1n) is 7.70. The predicted octanol–water partition coefficient (Wildman–Crippen LogP) is 2.05. The fourth-order valence-corrected chi connectivity index (χ4v) is 3.20. The molecule has 2 aliphatic rings. The van der Waals surface area contributed by atoms with E-state index in [2.05, 4.69) is 0 Å². The van der Waals surface area contributed by atoms with Crippen molar-refractivity contribution in [3.8, 4) is 0 Å². The average molecular weight is 283 g/mol. The van der Waals surface area contributed by atoms with Gasteiger partial charge in [0, 0.05) is 19.7 Å². The van der Waals surface area contributed by atoms with Crippen molar-refractivity contribution in [3.05, 3.63) is 0 Å². The topological polar surface area (TPSA) is 66.8 Å². The smallest absolute Gasteiger partial charge is 0.309 e. The molecule has 1 atom stereocenters. The van der Waals surface area contributed by atoms with E-state index >= 15 is 0 Å². The third-order valence-corrected chi connectivity index (χ3v) is 4.88. The van der Waals surface area contributed by atoms with Crippen LogP contribution in [0.2, 0.25) is 0 Å². The second-order valence-corrected chi connectivity index (χ2v) is 6.01. The Hall–Kier alpha value is -1.10. The summed E-state index contributed by atoms with van der Waals surface area (Å²) in [5, 5.41) is 9.35. The lowest BCUT2D eigenvalue weighted by Gasteiger charge is -2.38. The second-order valence-electron chi connectivity index (χ2n) is 6.01. The molecule has 0 bridgehead atoms. The van der Waals surface area contributed by atoms with Gasteiger partial charge in [-0.1, -0.05) is 6.92 Å². The average Bonchev–Trinajstić information content (AvgIpc) is 2.48. The van der Waals surface area contributed by atoms with E-state index in [1.54, 1.807) is 0 Å². The van der Waals surface area contributed by atoms with Crippen molar-refractivity contribution in [2.45, 2.75) is 58.0 Å². The fraction of sp³-hybridized carbons (Fsp3) is 0.867. The van der Waals surface area contributed by atoms with Gasteiger partial charge >= 0.3 is 5.97 Å². The Bertz CT molecular complexity index is 355. The van der Waals surface area contributed by atoms with Gasteiger partial charge in [0.15, 0.2) is 0 Å². The number of piperidine rings is 1. The number of amides is 1. The largest absolute Gasteiger partial charge is 0.481 e. The molecule has 0 aromatic rings. The Morgan fingerprint density at radius 2 is 2.00 bits per heavy atom. The standard InChI is InChI=1S/C15H25NO4/c1-2-15(14(18)19)6-8-16(9-7-15)13(17)11-12-5-3-4-10-20-12/h12H,2-11H2,1H3,(H,18,19). The summed E-state index contributed by atoms with van der Waals surface area (Å²) in [4.78, 5) is 25.4. The van der Waals surface area contributed by atoms with Crippen molar-refractivity contribution < 1.29 is 19.4 Å². The summed E-state index contributed by atoms with van der Waals surface area (Å²) in [7, 11) is 0. The molecule has 2 rings (SSSR count). The van der Waals surface area contributed by atoms with Gasteiger partial charge in [-0.05, 0) is 38.5 Å². The zero-order valence-corrected chi connectivity index (χ0v) is 12.3. The van der Waals surface area contributed by atoms with E-state index in [9.17, 15) is 14.7 Å². The summed E-state index contributed by atoms with van der Waals surface area (Å²) in [6.07, 6.45) is 5.47. The highest BCUT2D eigenvalue weighted by Gasteiger charge is 2.40. The molecule has 0 spiro atoms. The quantitative estimate of drug-likeness (QED) is 0.857. The van der Waals surface area contributed by atoms with Crippen LogP contribution in [0.25, 0.3) is 0 Å². The molecule has 114 valence electrons. The van der Waals surface area contributed by atoms with Crippen molar-refractivity contribution in [3.63, 3.8) is 0 Å². The molecule has 1 amide bonds. The van der Waals surface area contributed by atoms with Crippen molar-refractivity contribution in [2.24, 2.45) is 5.41 Å². The molecule has 2 aliphatic heterocycles. The van der Waals surface area contributed by atoms with Crippen molar-refractivity contribution in [1.29, 1.82) is 0 Å². The molecule has 0 aliphatic carbocycles. The summed E-state index contributed by atoms with van der Waals surface area (Å²) < 4.78 is 5.60. The minimum Gasteiger partial charge on any atom is -0.481 e. The van der Waals surface area contributed by atoms with Crippen molar-refractivity contribution in [2.75, 3.05) is 19.7 Å². The van der Waals surface area contributed by atoms with Crippen molar-refractivity contribution in [1.82, 2.24) is 4.90 Å². The lowest BCUT2D eigenvalue weighted by Crippen LogP contribution is -2.47. The van der Waals surface area contributed by atoms with E-state index in [-0.39, 0.29) is 12.0 Å². The lowest BCUT2D eigenvalue weighted by atomic mass is 9.76. The SMILES string of the molecule is CCC1(C(=O)O)CCN(C(=O)CC2CCCCO2)CC1. The molecular weight excluding hydrogens is 258 g/mol. The maximum absolute atomic E-state index is 12.2. The number of aliphatic carboxylic acids is 1. The van der Waals surface area contributed by atoms with Crippen LogP contribution in [0.15, 0.2) is 0 Å². The van der Waals surface area contributed by atoms with Crippen LogP contribution >= 0.6 is 0 Å². The molecule has 0 saturated carbocycles. The highest BCUT2D eigenvalue weighted by molar-refractivity contribution is 5.78. The van der Waals surface area contributed by atoms with E-state index in [1.807, 2.05) is 11.8 Å². The summed E-state index contributed by atoms with van der Waals surface area (Å²) >= 11 is 0. The first-order valence-corrected chi connectivity index (χ1v) is 7.70. The second kappa shape index (κ2) is 6.57. The van der Waals surface area contributed by atoms with Crippen LogP contribution in [0.4, 0.5) is 0 Å². The first-order chi connectivity index (χ1) is 9.57. The molecule has 1 N–H and O–H groups in total. The first kappa shape index (κ1) is 15.3. The number of carbonyl (C=O) groups excluding carboxylic acids is 1. The van der Waals surface area contributed by atoms with Gasteiger partial charge in [0.25, 0.3) is 0 Å². The van der Waals surface area contributed by atoms with E-state index < -0.39 is 11.4 Å². The molecular formula is C15H25NO4. The van der Waals surface area contributed by atoms with Crippen LogP contribution in [-0.4, -0.2) is 47.7 Å². The summed E-state index contributed by atoms with van der Waals surface area (Å²) in [6.45, 7) is 3.80. The van der Waals surface area contributed by atoms with Gasteiger partial charge in [-0.3, -0.25) is 9.59 Å². The van der Waals surface area contributed by atoms with Crippen LogP contribution in [0, 0.1) is 5.41 Å². The molecule has 0 aromatic heterocycles. The molecule has 1 unspecified atom stereocenters. The number of hydrogen-bond donors (Lipinski definition) is 1. The number of ether oxygens (including phenoxy) is 1. The zero-order valence-electron chi connectivity index (χ0n) is 12.3. The highest BCUT2D eigenvalue weighted by Crippen LogP contribution is 2.35. The minimum atomic E-state index is -0.720. The third-order valence-electron chi connectivity index (χ3n) is 4.88. The zero-order chi connectivity index (χ0) is 14.6. The van der Waals surface area contributed by atoms with Crippen LogP contribution < -0.4 is 0 Å². The Morgan fingerprint density at radius 3 is 2.50 bits per heavy atom. The number of carbonyl (C=O) groups is 2. The van der Waals surface area contributed by atoms with Crippen LogP contribution in [0.3, 0.4) is 0 Å². The molecule has 2 fully saturated rings. The number of carboxylic acids is 1. The predicted molar refractivity (Wildman–Crippen MR) is 74.4 cm³/mol. The Balaban J connectivity index is 1.83. The van der Waals surface area contributed by atoms with Crippen LogP contribution in [-0.2, 0) is 14.3 Å². The van der Waals surface area contributed by atoms with Gasteiger partial charge in [0.1, 0.15) is 0 Å². The highest BCUT2D eigenvalue weighted by atomic mass is 16.5. The van der Waals surface area contributed by atoms with Gasteiger partial charge in [-0.15, -0.1) is 0 Å². The summed E-state index contributed by atoms with van der Waals surface area (Å²) in [6, 6.07) is 0. The molecule has 0 aromatic carbocycles. The maximum Gasteiger partial charge on any atom is 0.309 e. The monoisotopic (exact) mass is 283 g/mol. The Kier molecular flexibility index (Phi) is 5.02. The number of likely N-dealkylation sites (tertiary alicyclic amines) is 1. The number of nitrogens with zero attached hydrogens (tertiary/aromatic N) is 1. The number of carboxylic acid groups (broad SMARTS) is 1. The molecule has 2 saturated heterocycles. The van der Waals surface area contributed by atoms with Gasteiger partial charge in [0.2, 0.25) is 5.91 Å². The Labute approximate surface area is 120 Å². The maximum atomic E-state index is 12.2. The van der Waals surface area contributed by atoms with Gasteiger partial charge < -0.3 is 14.7 Å². The van der Waals surface area contributed by atoms with E-state index in [0.717, 1.165) is 25.9 Å². The van der Waals surface area contributed by atoms with Crippen LogP contribution in [0.1, 0.15) is 51.9 Å². The van der Waals surface area contributed by atoms with E-state index in [1.165, 1.54) is 0 Å². The summed E-state index contributed by atoms with van der Waals surface area (Å²) in [5.41, 5.74) is -0.627. The molecule has 5 nitrogen and oxygen atoms in total. The molecule has 2 heterocycles. The van der Waals surface area contributed by atoms with Gasteiger partial charge in [0.05, 0.1) is 17.9 Å². The van der Waals surface area contributed by atoms with Gasteiger partial charge in [-0.25, -0.2) is 0 Å². The van der Waals surface area contributed by atoms with Crippen LogP contribution in [0.5, 0.6) is 0 Å². The third kappa shape index (κ3) is 3.32. The number of hydrogen-bond acceptors (Lipinski definition) is 3. The number of rotatable bonds is 4. The fourth-order valence-electron chi connectivity index (χ4n) is 3.20. The van der Waals surface area contributed by atoms with E-state index in [0.29, 0.717) is 38.8 Å². The van der Waals surface area contributed by atoms with E-state index in [4.69, 9.17) is 4.74 Å². The molecule has 5 heteroatoms. The normalized spacial score (nSPS) is 26.2.